The van der Waals surface area contributed by atoms with Crippen LogP contribution in [0.2, 0.25) is 0 Å². The standard InChI is InChI=1S/C10H11NO2S/c1-13-9-6-8(14-11-9)10(12)7-4-2-3-5-7/h4,6H,2-3,5H2,1H3. The third kappa shape index (κ3) is 1.70. The Balaban J connectivity index is 2.18. The number of hydrogen-bond acceptors (Lipinski definition) is 4. The first-order valence-electron chi connectivity index (χ1n) is 4.55. The van der Waals surface area contributed by atoms with E-state index in [0.717, 1.165) is 24.8 Å². The number of carbonyl (C=O) groups is 1. The second-order valence-corrected chi connectivity index (χ2v) is 3.99. The maximum absolute atomic E-state index is 11.8. The first kappa shape index (κ1) is 9.40. The Morgan fingerprint density at radius 2 is 2.50 bits per heavy atom. The Labute approximate surface area is 86.6 Å². The molecule has 0 amide bonds. The van der Waals surface area contributed by atoms with Gasteiger partial charge in [-0.05, 0) is 36.4 Å². The van der Waals surface area contributed by atoms with Crippen LogP contribution in [-0.2, 0) is 0 Å². The number of Topliss-reactive ketones (excluding diaryl/α,β-unsaturated/α-hetero) is 1. The van der Waals surface area contributed by atoms with Crippen LogP contribution in [0.3, 0.4) is 0 Å². The maximum atomic E-state index is 11.8. The van der Waals surface area contributed by atoms with Crippen LogP contribution >= 0.6 is 11.5 Å². The first-order valence-corrected chi connectivity index (χ1v) is 5.33. The number of carbonyl (C=O) groups excluding carboxylic acids is 1. The lowest BCUT2D eigenvalue weighted by Crippen LogP contribution is -1.98. The van der Waals surface area contributed by atoms with Crippen LogP contribution in [0.1, 0.15) is 28.9 Å². The minimum Gasteiger partial charge on any atom is -0.480 e. The molecule has 0 saturated carbocycles. The van der Waals surface area contributed by atoms with Crippen molar-refractivity contribution in [3.8, 4) is 5.88 Å². The summed E-state index contributed by atoms with van der Waals surface area (Å²) in [5.74, 6) is 0.639. The van der Waals surface area contributed by atoms with Crippen LogP contribution in [-0.4, -0.2) is 17.3 Å². The second kappa shape index (κ2) is 3.92. The van der Waals surface area contributed by atoms with Crippen LogP contribution in [0, 0.1) is 0 Å². The Morgan fingerprint density at radius 1 is 1.64 bits per heavy atom. The summed E-state index contributed by atoms with van der Waals surface area (Å²) < 4.78 is 8.93. The van der Waals surface area contributed by atoms with Gasteiger partial charge in [0.15, 0.2) is 5.78 Å². The van der Waals surface area contributed by atoms with Crippen LogP contribution < -0.4 is 4.74 Å². The quantitative estimate of drug-likeness (QED) is 0.718. The fourth-order valence-electron chi connectivity index (χ4n) is 1.50. The summed E-state index contributed by atoms with van der Waals surface area (Å²) in [6, 6.07) is 1.70. The summed E-state index contributed by atoms with van der Waals surface area (Å²) in [4.78, 5) is 12.5. The lowest BCUT2D eigenvalue weighted by atomic mass is 10.1. The van der Waals surface area contributed by atoms with Gasteiger partial charge in [0.2, 0.25) is 5.88 Å². The van der Waals surface area contributed by atoms with Crippen molar-refractivity contribution in [3.63, 3.8) is 0 Å². The number of rotatable bonds is 3. The van der Waals surface area contributed by atoms with Gasteiger partial charge >= 0.3 is 0 Å². The molecule has 4 heteroatoms. The Morgan fingerprint density at radius 3 is 3.07 bits per heavy atom. The number of nitrogens with zero attached hydrogens (tertiary/aromatic N) is 1. The van der Waals surface area contributed by atoms with Crippen LogP contribution in [0.15, 0.2) is 17.7 Å². The molecule has 0 radical (unpaired) electrons. The molecule has 1 aromatic heterocycles. The van der Waals surface area contributed by atoms with E-state index in [1.54, 1.807) is 13.2 Å². The van der Waals surface area contributed by atoms with Crippen LogP contribution in [0.4, 0.5) is 0 Å². The van der Waals surface area contributed by atoms with Crippen molar-refractivity contribution in [2.75, 3.05) is 7.11 Å². The maximum Gasteiger partial charge on any atom is 0.225 e. The van der Waals surface area contributed by atoms with Gasteiger partial charge in [-0.1, -0.05) is 6.08 Å². The molecule has 0 spiro atoms. The normalized spacial score (nSPS) is 15.4. The highest BCUT2D eigenvalue weighted by Crippen LogP contribution is 2.25. The molecule has 74 valence electrons. The highest BCUT2D eigenvalue weighted by atomic mass is 32.1. The molecule has 0 aliphatic heterocycles. The monoisotopic (exact) mass is 209 g/mol. The molecule has 14 heavy (non-hydrogen) atoms. The summed E-state index contributed by atoms with van der Waals surface area (Å²) in [7, 11) is 1.55. The van der Waals surface area contributed by atoms with Crippen molar-refractivity contribution in [2.24, 2.45) is 0 Å². The zero-order chi connectivity index (χ0) is 9.97. The number of methoxy groups -OCH3 is 1. The van der Waals surface area contributed by atoms with Crippen LogP contribution in [0.5, 0.6) is 5.88 Å². The zero-order valence-electron chi connectivity index (χ0n) is 7.95. The van der Waals surface area contributed by atoms with E-state index >= 15 is 0 Å². The average molecular weight is 209 g/mol. The van der Waals surface area contributed by atoms with Gasteiger partial charge in [0.25, 0.3) is 0 Å². The Bertz CT molecular complexity index is 381. The molecule has 3 nitrogen and oxygen atoms in total. The molecule has 0 atom stereocenters. The Hall–Kier alpha value is -1.16. The molecule has 1 aromatic rings. The molecule has 1 heterocycles. The number of hydrogen-bond donors (Lipinski definition) is 0. The van der Waals surface area contributed by atoms with E-state index in [-0.39, 0.29) is 5.78 Å². The van der Waals surface area contributed by atoms with Crippen molar-refractivity contribution < 1.29 is 9.53 Å². The molecule has 1 aliphatic rings. The number of ether oxygens (including phenoxy) is 1. The summed E-state index contributed by atoms with van der Waals surface area (Å²) in [6.07, 6.45) is 5.04. The largest absolute Gasteiger partial charge is 0.480 e. The van der Waals surface area contributed by atoms with Gasteiger partial charge in [-0.25, -0.2) is 0 Å². The summed E-state index contributed by atoms with van der Waals surface area (Å²) in [5, 5.41) is 0. The van der Waals surface area contributed by atoms with E-state index in [9.17, 15) is 4.79 Å². The predicted octanol–water partition coefficient (Wildman–Crippen LogP) is 2.44. The van der Waals surface area contributed by atoms with Crippen molar-refractivity contribution in [1.82, 2.24) is 4.37 Å². The van der Waals surface area contributed by atoms with Crippen molar-refractivity contribution in [2.45, 2.75) is 19.3 Å². The lowest BCUT2D eigenvalue weighted by Gasteiger charge is -1.95. The third-order valence-corrected chi connectivity index (χ3v) is 3.03. The van der Waals surface area contributed by atoms with Crippen LogP contribution in [0.25, 0.3) is 0 Å². The van der Waals surface area contributed by atoms with E-state index in [1.165, 1.54) is 11.5 Å². The predicted molar refractivity (Wildman–Crippen MR) is 54.9 cm³/mol. The van der Waals surface area contributed by atoms with Crippen molar-refractivity contribution in [1.29, 1.82) is 0 Å². The van der Waals surface area contributed by atoms with Gasteiger partial charge in [-0.2, -0.15) is 4.37 Å². The molecule has 0 bridgehead atoms. The molecule has 0 N–H and O–H groups in total. The topological polar surface area (TPSA) is 39.2 Å². The lowest BCUT2D eigenvalue weighted by molar-refractivity contribution is 0.103. The second-order valence-electron chi connectivity index (χ2n) is 3.18. The summed E-state index contributed by atoms with van der Waals surface area (Å²) >= 11 is 1.20. The van der Waals surface area contributed by atoms with Crippen molar-refractivity contribution >= 4 is 17.3 Å². The van der Waals surface area contributed by atoms with Gasteiger partial charge in [0, 0.05) is 6.07 Å². The Kier molecular flexibility index (Phi) is 2.63. The number of ketones is 1. The average Bonchev–Trinajstić information content (AvgIpc) is 2.88. The minimum absolute atomic E-state index is 0.114. The molecule has 2 rings (SSSR count). The molecular weight excluding hydrogens is 198 g/mol. The van der Waals surface area contributed by atoms with Gasteiger partial charge in [-0.15, -0.1) is 0 Å². The molecule has 0 saturated heterocycles. The van der Waals surface area contributed by atoms with E-state index in [0.29, 0.717) is 10.8 Å². The smallest absolute Gasteiger partial charge is 0.225 e. The highest BCUT2D eigenvalue weighted by Gasteiger charge is 2.17. The fraction of sp³-hybridized carbons (Fsp3) is 0.400. The van der Waals surface area contributed by atoms with Gasteiger partial charge in [-0.3, -0.25) is 4.79 Å². The SMILES string of the molecule is COc1cc(C(=O)C2=CCCC2)sn1. The summed E-state index contributed by atoms with van der Waals surface area (Å²) in [5.41, 5.74) is 0.927. The molecule has 0 aromatic carbocycles. The zero-order valence-corrected chi connectivity index (χ0v) is 8.76. The molecule has 1 aliphatic carbocycles. The van der Waals surface area contributed by atoms with Gasteiger partial charge in [0.1, 0.15) is 0 Å². The van der Waals surface area contributed by atoms with Crippen molar-refractivity contribution in [3.05, 3.63) is 22.6 Å². The third-order valence-electron chi connectivity index (χ3n) is 2.25. The minimum atomic E-state index is 0.114. The fourth-order valence-corrected chi connectivity index (χ4v) is 2.18. The van der Waals surface area contributed by atoms with E-state index in [4.69, 9.17) is 4.74 Å². The van der Waals surface area contributed by atoms with E-state index in [1.807, 2.05) is 6.08 Å². The molecule has 0 unspecified atom stereocenters. The van der Waals surface area contributed by atoms with Gasteiger partial charge in [0.05, 0.1) is 12.0 Å². The van der Waals surface area contributed by atoms with E-state index in [2.05, 4.69) is 4.37 Å². The summed E-state index contributed by atoms with van der Waals surface area (Å²) in [6.45, 7) is 0. The number of allylic oxidation sites excluding steroid dienone is 2. The molecule has 0 fully saturated rings. The molecular formula is C10H11NO2S. The highest BCUT2D eigenvalue weighted by molar-refractivity contribution is 7.08. The first-order chi connectivity index (χ1) is 6.81. The van der Waals surface area contributed by atoms with E-state index < -0.39 is 0 Å². The van der Waals surface area contributed by atoms with Gasteiger partial charge < -0.3 is 4.74 Å². The number of aromatic nitrogens is 1.